The van der Waals surface area contributed by atoms with Gasteiger partial charge in [0.25, 0.3) is 0 Å². The highest BCUT2D eigenvalue weighted by molar-refractivity contribution is 6.29. The van der Waals surface area contributed by atoms with Crippen molar-refractivity contribution in [1.29, 1.82) is 0 Å². The second-order valence-electron chi connectivity index (χ2n) is 13.5. The Morgan fingerprint density at radius 3 is 1.76 bits per heavy atom. The average molecular weight is 648 g/mol. The lowest BCUT2D eigenvalue weighted by Crippen LogP contribution is -1.92. The Bertz CT molecular complexity index is 3190. The molecule has 236 valence electrons. The molecule has 0 spiro atoms. The molecule has 0 saturated heterocycles. The lowest BCUT2D eigenvalue weighted by atomic mass is 9.92. The van der Waals surface area contributed by atoms with Crippen molar-refractivity contribution in [2.24, 2.45) is 0 Å². The van der Waals surface area contributed by atoms with E-state index in [1.807, 2.05) is 0 Å². The second-order valence-corrected chi connectivity index (χ2v) is 13.5. The van der Waals surface area contributed by atoms with E-state index in [1.54, 1.807) is 0 Å². The Balaban J connectivity index is 1.14. The van der Waals surface area contributed by atoms with Gasteiger partial charge in [0, 0.05) is 38.1 Å². The molecule has 0 saturated carbocycles. The maximum absolute atomic E-state index is 6.78. The van der Waals surface area contributed by atoms with E-state index < -0.39 is 0 Å². The van der Waals surface area contributed by atoms with E-state index in [-0.39, 0.29) is 0 Å². The Morgan fingerprint density at radius 2 is 0.961 bits per heavy atom. The van der Waals surface area contributed by atoms with Crippen LogP contribution in [0.1, 0.15) is 0 Å². The summed E-state index contributed by atoms with van der Waals surface area (Å²) in [7, 11) is 0. The first-order chi connectivity index (χ1) is 25.3. The summed E-state index contributed by atoms with van der Waals surface area (Å²) in [4.78, 5) is 5.36. The van der Waals surface area contributed by atoms with E-state index in [1.165, 1.54) is 53.9 Å². The summed E-state index contributed by atoms with van der Waals surface area (Å²) in [6.07, 6.45) is 0. The van der Waals surface area contributed by atoms with Gasteiger partial charge in [0.05, 0.1) is 11.2 Å². The number of fused-ring (bicyclic) bond motifs is 12. The van der Waals surface area contributed by atoms with Gasteiger partial charge < -0.3 is 4.42 Å². The maximum atomic E-state index is 6.78. The predicted octanol–water partition coefficient (Wildman–Crippen LogP) is 13.7. The first kappa shape index (κ1) is 28.1. The van der Waals surface area contributed by atoms with Crippen LogP contribution in [-0.4, -0.2) is 4.98 Å². The van der Waals surface area contributed by atoms with Crippen molar-refractivity contribution in [2.45, 2.75) is 0 Å². The van der Waals surface area contributed by atoms with Gasteiger partial charge in [-0.2, -0.15) is 0 Å². The summed E-state index contributed by atoms with van der Waals surface area (Å²) < 4.78 is 6.78. The molecule has 0 aliphatic carbocycles. The summed E-state index contributed by atoms with van der Waals surface area (Å²) in [5.74, 6) is 0. The molecule has 0 aliphatic heterocycles. The van der Waals surface area contributed by atoms with Crippen LogP contribution in [0, 0.1) is 0 Å². The van der Waals surface area contributed by atoms with Gasteiger partial charge >= 0.3 is 0 Å². The van der Waals surface area contributed by atoms with E-state index in [4.69, 9.17) is 9.40 Å². The van der Waals surface area contributed by atoms with Crippen molar-refractivity contribution in [3.05, 3.63) is 176 Å². The number of rotatable bonds is 3. The zero-order valence-electron chi connectivity index (χ0n) is 27.6. The van der Waals surface area contributed by atoms with Gasteiger partial charge in [0.2, 0.25) is 0 Å². The summed E-state index contributed by atoms with van der Waals surface area (Å²) in [5.41, 5.74) is 9.41. The highest BCUT2D eigenvalue weighted by Crippen LogP contribution is 2.44. The minimum absolute atomic E-state index is 0.909. The van der Waals surface area contributed by atoms with Gasteiger partial charge in [-0.25, -0.2) is 4.98 Å². The van der Waals surface area contributed by atoms with Gasteiger partial charge in [-0.3, -0.25) is 0 Å². The van der Waals surface area contributed by atoms with Crippen LogP contribution in [0.2, 0.25) is 0 Å². The highest BCUT2D eigenvalue weighted by Gasteiger charge is 2.19. The van der Waals surface area contributed by atoms with Crippen LogP contribution in [0.25, 0.3) is 109 Å². The van der Waals surface area contributed by atoms with Gasteiger partial charge in [0.1, 0.15) is 11.2 Å². The molecule has 0 N–H and O–H groups in total. The summed E-state index contributed by atoms with van der Waals surface area (Å²) in [6, 6.07) is 63.1. The number of hydrogen-bond acceptors (Lipinski definition) is 2. The van der Waals surface area contributed by atoms with E-state index >= 15 is 0 Å². The number of nitrogens with zero attached hydrogens (tertiary/aromatic N) is 1. The fraction of sp³-hybridized carbons (Fsp3) is 0. The smallest absolute Gasteiger partial charge is 0.143 e. The van der Waals surface area contributed by atoms with Gasteiger partial charge in [-0.1, -0.05) is 152 Å². The van der Waals surface area contributed by atoms with Crippen LogP contribution in [0.4, 0.5) is 0 Å². The minimum Gasteiger partial charge on any atom is -0.455 e. The zero-order chi connectivity index (χ0) is 33.5. The van der Waals surface area contributed by atoms with Crippen molar-refractivity contribution < 1.29 is 4.42 Å². The predicted molar refractivity (Wildman–Crippen MR) is 215 cm³/mol. The molecule has 2 heteroatoms. The quantitative estimate of drug-likeness (QED) is 0.178. The molecule has 0 aliphatic rings. The summed E-state index contributed by atoms with van der Waals surface area (Å²) in [6.45, 7) is 0. The first-order valence-electron chi connectivity index (χ1n) is 17.5. The van der Waals surface area contributed by atoms with Crippen LogP contribution in [0.3, 0.4) is 0 Å². The number of furan rings is 1. The monoisotopic (exact) mass is 647 g/mol. The molecule has 0 bridgehead atoms. The molecule has 2 aromatic heterocycles. The molecule has 2 nitrogen and oxygen atoms in total. The molecule has 9 aromatic carbocycles. The van der Waals surface area contributed by atoms with E-state index in [2.05, 4.69) is 176 Å². The molecule has 11 aromatic rings. The first-order valence-corrected chi connectivity index (χ1v) is 17.5. The van der Waals surface area contributed by atoms with Gasteiger partial charge in [0.15, 0.2) is 0 Å². The van der Waals surface area contributed by atoms with Crippen molar-refractivity contribution in [3.63, 3.8) is 0 Å². The topological polar surface area (TPSA) is 26.0 Å². The maximum Gasteiger partial charge on any atom is 0.143 e. The molecule has 2 heterocycles. The fourth-order valence-corrected chi connectivity index (χ4v) is 8.24. The molecule has 11 rings (SSSR count). The molecule has 0 amide bonds. The van der Waals surface area contributed by atoms with Crippen molar-refractivity contribution in [2.75, 3.05) is 0 Å². The lowest BCUT2D eigenvalue weighted by molar-refractivity contribution is 0.670. The molecule has 0 atom stereocenters. The lowest BCUT2D eigenvalue weighted by Gasteiger charge is -2.14. The Labute approximate surface area is 293 Å². The van der Waals surface area contributed by atoms with Crippen molar-refractivity contribution in [1.82, 2.24) is 4.98 Å². The normalized spacial score (nSPS) is 11.9. The number of benzene rings is 9. The molecule has 51 heavy (non-hydrogen) atoms. The fourth-order valence-electron chi connectivity index (χ4n) is 8.24. The van der Waals surface area contributed by atoms with Crippen LogP contribution in [0.5, 0.6) is 0 Å². The van der Waals surface area contributed by atoms with Crippen LogP contribution < -0.4 is 0 Å². The number of hydrogen-bond donors (Lipinski definition) is 0. The Kier molecular flexibility index (Phi) is 5.99. The zero-order valence-corrected chi connectivity index (χ0v) is 27.6. The van der Waals surface area contributed by atoms with Gasteiger partial charge in [-0.15, -0.1) is 0 Å². The largest absolute Gasteiger partial charge is 0.455 e. The van der Waals surface area contributed by atoms with Crippen molar-refractivity contribution >= 4 is 75.9 Å². The van der Waals surface area contributed by atoms with Crippen LogP contribution in [0.15, 0.2) is 180 Å². The number of aromatic nitrogens is 1. The third-order valence-electron chi connectivity index (χ3n) is 10.6. The second kappa shape index (κ2) is 10.9. The summed E-state index contributed by atoms with van der Waals surface area (Å²) >= 11 is 0. The van der Waals surface area contributed by atoms with Crippen LogP contribution >= 0.6 is 0 Å². The number of pyridine rings is 1. The average Bonchev–Trinajstić information content (AvgIpc) is 3.61. The van der Waals surface area contributed by atoms with Crippen LogP contribution in [-0.2, 0) is 0 Å². The van der Waals surface area contributed by atoms with E-state index in [9.17, 15) is 0 Å². The minimum atomic E-state index is 0.909. The third kappa shape index (κ3) is 4.27. The molecule has 0 radical (unpaired) electrons. The van der Waals surface area contributed by atoms with Gasteiger partial charge in [-0.05, 0) is 73.3 Å². The molecular weight excluding hydrogens is 619 g/mol. The molecule has 0 unspecified atom stereocenters. The van der Waals surface area contributed by atoms with E-state index in [0.29, 0.717) is 0 Å². The SMILES string of the molecule is c1ccc(-c2nc3cc(-c4cccc(-c5cc6ccccc6c6c5oc5ccc7ccccc7c56)c4)ccc3c3c2ccc2ccccc23)cc1. The molecule has 0 fully saturated rings. The molecular formula is C49H29NO. The Morgan fingerprint density at radius 1 is 0.353 bits per heavy atom. The standard InChI is InChI=1S/C49H29NO/c1-2-13-32(14-3-1)48-41-25-21-30-11-4-7-18-37(30)45(41)40-24-22-34(29-43(40)50-48)33-16-10-17-35(27-33)42-28-36-15-6-9-20-39(36)47-46-38-19-8-5-12-31(38)23-26-44(46)51-49(42)47/h1-29H. The third-order valence-corrected chi connectivity index (χ3v) is 10.6. The summed E-state index contributed by atoms with van der Waals surface area (Å²) in [5, 5.41) is 13.2. The highest BCUT2D eigenvalue weighted by atomic mass is 16.3. The Hall–Kier alpha value is -6.77. The van der Waals surface area contributed by atoms with E-state index in [0.717, 1.165) is 55.6 Å². The van der Waals surface area contributed by atoms with Crippen molar-refractivity contribution in [3.8, 4) is 33.5 Å².